The van der Waals surface area contributed by atoms with Gasteiger partial charge in [0.25, 0.3) is 0 Å². The number of phenolic OH excluding ortho intramolecular Hbond substituents is 29. The molecule has 10 aromatic rings. The van der Waals surface area contributed by atoms with Crippen molar-refractivity contribution in [1.82, 2.24) is 0 Å². The van der Waals surface area contributed by atoms with Crippen LogP contribution < -0.4 is 4.74 Å². The highest BCUT2D eigenvalue weighted by atomic mass is 16.8. The molecule has 0 spiro atoms. The molecule has 10 aromatic carbocycles. The number of carbonyl (C=O) groups is 10. The highest BCUT2D eigenvalue weighted by Crippen LogP contribution is 2.58. The summed E-state index contributed by atoms with van der Waals surface area (Å²) in [7, 11) is 0. The van der Waals surface area contributed by atoms with Crippen molar-refractivity contribution < 1.29 is 258 Å². The van der Waals surface area contributed by atoms with Gasteiger partial charge in [0, 0.05) is 28.3 Å². The fourth-order valence-electron chi connectivity index (χ4n) is 13.9. The first-order valence-corrected chi connectivity index (χ1v) is 37.0. The normalized spacial score (nSPS) is 19.1. The second-order valence-corrected chi connectivity index (χ2v) is 28.7. The molecule has 0 saturated carbocycles. The zero-order valence-electron chi connectivity index (χ0n) is 65.7. The average molecular weight is 1880 g/mol. The smallest absolute Gasteiger partial charge is 0.344 e. The number of phenols is 29. The summed E-state index contributed by atoms with van der Waals surface area (Å²) in [4.78, 5) is 148. The van der Waals surface area contributed by atoms with Crippen molar-refractivity contribution in [3.8, 4) is 200 Å². The quantitative estimate of drug-likeness (QED) is 0.0419. The second kappa shape index (κ2) is 34.2. The monoisotopic (exact) mass is 1870 g/mol. The Labute approximate surface area is 736 Å². The molecular weight excluding hydrogens is 1820 g/mol. The van der Waals surface area contributed by atoms with Gasteiger partial charge >= 0.3 is 59.7 Å². The van der Waals surface area contributed by atoms with Gasteiger partial charge in [0.05, 0.1) is 50.1 Å². The highest BCUT2D eigenvalue weighted by Gasteiger charge is 2.58. The lowest BCUT2D eigenvalue weighted by atomic mass is 9.92. The SMILES string of the molecule is O=C(OC1[C@@H]2OC(=O)c3cc(O)c(O)c(O)c3-c3c(cc(O)c(O)c3O)C(=O)OCC2O[C@@H](OC(=O)c2cc(O)c(O)c(O)c2Oc2cc(C(=O)O[C@@H]3OC4COC(=O)c5cc(O)c(O)c(O)c5-c5c(cc(O)c(O)c5O)C(=O)O[C@H]4[C@H](OC(=O)c4cc(O)c(O)c(O)c4)C3OC(=O)c3cc(O)c(O)c(O)c3)cc(O)c2O)[C@@H]1OC(=O)c1cc(O)c(O)c(O)c1)c1cc(O)c(O)c(O)c1. The van der Waals surface area contributed by atoms with Crippen LogP contribution in [0.25, 0.3) is 22.3 Å². The van der Waals surface area contributed by atoms with Crippen LogP contribution in [0.15, 0.2) is 91.0 Å². The van der Waals surface area contributed by atoms with Crippen LogP contribution in [-0.4, -0.2) is 282 Å². The van der Waals surface area contributed by atoms with Crippen molar-refractivity contribution in [2.45, 2.75) is 61.4 Å². The lowest BCUT2D eigenvalue weighted by Gasteiger charge is -2.43. The number of aromatic hydroxyl groups is 29. The van der Waals surface area contributed by atoms with E-state index >= 15 is 14.4 Å². The third-order valence-electron chi connectivity index (χ3n) is 20.4. The fraction of sp³-hybridized carbons (Fsp3) is 0.146. The molecule has 14 rings (SSSR count). The number of benzene rings is 10. The third kappa shape index (κ3) is 16.2. The van der Waals surface area contributed by atoms with Crippen LogP contribution in [0.2, 0.25) is 0 Å². The molecule has 4 aliphatic rings. The number of rotatable bonds is 14. The Morgan fingerprint density at radius 2 is 0.485 bits per heavy atom. The molecule has 0 radical (unpaired) electrons. The topological polar surface area (TPSA) is 877 Å². The Bertz CT molecular complexity index is 6660. The molecule has 0 bridgehead atoms. The van der Waals surface area contributed by atoms with E-state index in [9.17, 15) is 182 Å². The van der Waals surface area contributed by atoms with Gasteiger partial charge in [-0.2, -0.15) is 0 Å². The third-order valence-corrected chi connectivity index (χ3v) is 20.4. The van der Waals surface area contributed by atoms with Crippen LogP contribution in [0.1, 0.15) is 104 Å². The number of hydrogen-bond acceptors (Lipinski definition) is 52. The van der Waals surface area contributed by atoms with Gasteiger partial charge in [-0.3, -0.25) is 0 Å². The summed E-state index contributed by atoms with van der Waals surface area (Å²) in [5.41, 5.74) is -17.0. The molecular formula is C82H58O52. The lowest BCUT2D eigenvalue weighted by Crippen LogP contribution is -2.63. The van der Waals surface area contributed by atoms with Gasteiger partial charge in [0.2, 0.25) is 65.0 Å². The van der Waals surface area contributed by atoms with Crippen LogP contribution in [0.4, 0.5) is 0 Å². The Kier molecular flexibility index (Phi) is 23.2. The van der Waals surface area contributed by atoms with E-state index in [1.54, 1.807) is 0 Å². The summed E-state index contributed by atoms with van der Waals surface area (Å²) in [6.07, 6.45) is -28.6. The molecule has 10 atom stereocenters. The minimum absolute atomic E-state index is 0.102. The van der Waals surface area contributed by atoms with Gasteiger partial charge in [-0.05, 0) is 84.9 Å². The minimum Gasteiger partial charge on any atom is -0.504 e. The molecule has 0 aromatic heterocycles. The van der Waals surface area contributed by atoms with Crippen LogP contribution in [0.5, 0.6) is 178 Å². The molecule has 134 heavy (non-hydrogen) atoms. The first kappa shape index (κ1) is 91.0. The molecule has 2 fully saturated rings. The molecule has 4 heterocycles. The van der Waals surface area contributed by atoms with Crippen molar-refractivity contribution in [1.29, 1.82) is 0 Å². The number of carbonyl (C=O) groups excluding carboxylic acids is 10. The van der Waals surface area contributed by atoms with E-state index in [0.29, 0.717) is 60.7 Å². The molecule has 2 saturated heterocycles. The Balaban J connectivity index is 0.880. The number of ether oxygens (including phenoxy) is 13. The van der Waals surface area contributed by atoms with Gasteiger partial charge in [-0.1, -0.05) is 0 Å². The second-order valence-electron chi connectivity index (χ2n) is 28.7. The van der Waals surface area contributed by atoms with Crippen molar-refractivity contribution >= 4 is 59.7 Å². The van der Waals surface area contributed by atoms with Crippen molar-refractivity contribution in [2.24, 2.45) is 0 Å². The van der Waals surface area contributed by atoms with E-state index in [1.807, 2.05) is 0 Å². The van der Waals surface area contributed by atoms with Crippen molar-refractivity contribution in [3.05, 3.63) is 147 Å². The summed E-state index contributed by atoms with van der Waals surface area (Å²) in [6, 6.07) is 4.83. The predicted octanol–water partition coefficient (Wildman–Crippen LogP) is 3.73. The highest BCUT2D eigenvalue weighted by molar-refractivity contribution is 6.11. The minimum atomic E-state index is -3.10. The van der Waals surface area contributed by atoms with Gasteiger partial charge in [-0.25, -0.2) is 47.9 Å². The van der Waals surface area contributed by atoms with E-state index in [2.05, 4.69) is 0 Å². The molecule has 4 aliphatic heterocycles. The lowest BCUT2D eigenvalue weighted by molar-refractivity contribution is -0.282. The molecule has 29 N–H and O–H groups in total. The van der Waals surface area contributed by atoms with E-state index in [-0.39, 0.29) is 30.3 Å². The number of fused-ring (bicyclic) bond motifs is 8. The fourth-order valence-corrected chi connectivity index (χ4v) is 13.9. The van der Waals surface area contributed by atoms with Crippen LogP contribution in [0, 0.1) is 0 Å². The molecule has 4 unspecified atom stereocenters. The zero-order chi connectivity index (χ0) is 97.7. The van der Waals surface area contributed by atoms with E-state index in [1.165, 1.54) is 0 Å². The standard InChI is InChI=1S/C82H58O52/c83-28-1-18(2-29(84)49(28)97)71(112)129-67-65-43(16-122-76(117)23-11-37(92)54(102)59(107)45(23)47-25(78(119)127-65)13-39(94)56(104)61(47)109)125-81(69(67)131-73(114)20-5-32(87)51(99)33(88)6-20)133-75(116)22-9-36(91)53(101)42(10-22)124-64-27(15-41(96)58(106)63(64)111)80(121)134-82-70(132-74(115)21-7-34(89)52(100)35(90)8-21)68(130-72(113)19-3-30(85)50(98)31(86)4-19)66-44(126-82)17-123-77(118)24-12-38(93)55(103)60(108)46(24)48-26(79(120)128-66)14-40(95)57(105)62(48)110/h1-15,43-44,65-70,81-111H,16-17H2/t43?,44?,65-,66-,67+,68?,69?,70-,81+,82+/m1/s1. The predicted molar refractivity (Wildman–Crippen MR) is 415 cm³/mol. The maximum atomic E-state index is 15.4. The maximum absolute atomic E-state index is 15.4. The Morgan fingerprint density at radius 1 is 0.246 bits per heavy atom. The molecule has 52 nitrogen and oxygen atoms in total. The number of hydrogen-bond donors (Lipinski definition) is 29. The number of cyclic esters (lactones) is 2. The summed E-state index contributed by atoms with van der Waals surface area (Å²) < 4.78 is 74.3. The summed E-state index contributed by atoms with van der Waals surface area (Å²) >= 11 is 0. The molecule has 52 heteroatoms. The van der Waals surface area contributed by atoms with Crippen LogP contribution in [0.3, 0.4) is 0 Å². The summed E-state index contributed by atoms with van der Waals surface area (Å²) in [5.74, 6) is -65.2. The van der Waals surface area contributed by atoms with E-state index < -0.39 is 390 Å². The van der Waals surface area contributed by atoms with Gasteiger partial charge in [0.1, 0.15) is 31.0 Å². The van der Waals surface area contributed by atoms with Crippen molar-refractivity contribution in [2.75, 3.05) is 13.2 Å². The summed E-state index contributed by atoms with van der Waals surface area (Å²) in [6.45, 7) is -3.14. The maximum Gasteiger partial charge on any atom is 0.344 e. The molecule has 698 valence electrons. The first-order valence-electron chi connectivity index (χ1n) is 37.0. The van der Waals surface area contributed by atoms with Crippen molar-refractivity contribution in [3.63, 3.8) is 0 Å². The molecule has 0 aliphatic carbocycles. The summed E-state index contributed by atoms with van der Waals surface area (Å²) in [5, 5.41) is 314. The molecule has 0 amide bonds. The van der Waals surface area contributed by atoms with Crippen LogP contribution in [-0.2, 0) is 56.8 Å². The Morgan fingerprint density at radius 3 is 0.791 bits per heavy atom. The zero-order valence-corrected chi connectivity index (χ0v) is 65.7. The van der Waals surface area contributed by atoms with Gasteiger partial charge in [0.15, 0.2) is 162 Å². The van der Waals surface area contributed by atoms with Crippen LogP contribution >= 0.6 is 0 Å². The van der Waals surface area contributed by atoms with Gasteiger partial charge in [-0.15, -0.1) is 0 Å². The van der Waals surface area contributed by atoms with E-state index in [4.69, 9.17) is 61.6 Å². The van der Waals surface area contributed by atoms with E-state index in [0.717, 1.165) is 0 Å². The number of esters is 10. The first-order chi connectivity index (χ1) is 63.0. The largest absolute Gasteiger partial charge is 0.504 e. The Hall–Kier alpha value is -19.2. The average Bonchev–Trinajstić information content (AvgIpc) is 1.27. The van der Waals surface area contributed by atoms with Gasteiger partial charge < -0.3 is 210 Å².